The highest BCUT2D eigenvalue weighted by atomic mass is 35.5. The average molecular weight is 446 g/mol. The van der Waals surface area contributed by atoms with Crippen molar-refractivity contribution < 1.29 is 18.4 Å². The molecule has 0 aliphatic carbocycles. The Hall–Kier alpha value is -3.46. The van der Waals surface area contributed by atoms with Crippen LogP contribution < -0.4 is 11.1 Å². The summed E-state index contributed by atoms with van der Waals surface area (Å²) >= 11 is 5.87. The number of halogens is 3. The van der Waals surface area contributed by atoms with Crippen LogP contribution in [0.5, 0.6) is 0 Å². The first kappa shape index (κ1) is 20.8. The van der Waals surface area contributed by atoms with E-state index in [2.05, 4.69) is 10.4 Å². The van der Waals surface area contributed by atoms with Gasteiger partial charge in [-0.2, -0.15) is 5.10 Å². The third-order valence-corrected chi connectivity index (χ3v) is 5.41. The fraction of sp³-hybridized carbons (Fsp3) is 0.190. The zero-order valence-electron chi connectivity index (χ0n) is 16.5. The van der Waals surface area contributed by atoms with Gasteiger partial charge in [0.25, 0.3) is 5.91 Å². The summed E-state index contributed by atoms with van der Waals surface area (Å²) in [5, 5.41) is 7.07. The molecule has 0 saturated carbocycles. The molecule has 3 aromatic rings. The molecule has 0 spiro atoms. The maximum atomic E-state index is 13.5. The SMILES string of the molecule is Cc1cc(NC(=O)N2CCn3nc(-c4ccc(F)c(Cl)c4)c(C(N)=O)c3C2)ccc1F. The van der Waals surface area contributed by atoms with Gasteiger partial charge in [-0.1, -0.05) is 11.6 Å². The van der Waals surface area contributed by atoms with Crippen molar-refractivity contribution in [2.24, 2.45) is 5.73 Å². The third-order valence-electron chi connectivity index (χ3n) is 5.12. The zero-order chi connectivity index (χ0) is 22.3. The largest absolute Gasteiger partial charge is 0.365 e. The van der Waals surface area contributed by atoms with Crippen LogP contribution in [0.2, 0.25) is 5.02 Å². The number of carbonyl (C=O) groups is 2. The minimum atomic E-state index is -0.715. The molecule has 0 unspecified atom stereocenters. The Morgan fingerprint density at radius 2 is 1.87 bits per heavy atom. The van der Waals surface area contributed by atoms with E-state index in [0.29, 0.717) is 35.6 Å². The third kappa shape index (κ3) is 3.96. The van der Waals surface area contributed by atoms with Gasteiger partial charge < -0.3 is 16.0 Å². The first-order chi connectivity index (χ1) is 14.7. The summed E-state index contributed by atoms with van der Waals surface area (Å²) in [6.07, 6.45) is 0. The van der Waals surface area contributed by atoms with Crippen molar-refractivity contribution in [2.75, 3.05) is 11.9 Å². The number of primary amides is 1. The Balaban J connectivity index is 1.63. The topological polar surface area (TPSA) is 93.2 Å². The van der Waals surface area contributed by atoms with E-state index in [1.54, 1.807) is 11.6 Å². The zero-order valence-corrected chi connectivity index (χ0v) is 17.2. The lowest BCUT2D eigenvalue weighted by molar-refractivity contribution is 0.0997. The second-order valence-corrected chi connectivity index (χ2v) is 7.61. The molecule has 1 aliphatic rings. The van der Waals surface area contributed by atoms with E-state index in [4.69, 9.17) is 17.3 Å². The van der Waals surface area contributed by atoms with Gasteiger partial charge in [0.1, 0.15) is 17.3 Å². The maximum Gasteiger partial charge on any atom is 0.322 e. The molecule has 0 atom stereocenters. The summed E-state index contributed by atoms with van der Waals surface area (Å²) < 4.78 is 28.6. The molecule has 31 heavy (non-hydrogen) atoms. The number of nitrogens with zero attached hydrogens (tertiary/aromatic N) is 3. The van der Waals surface area contributed by atoms with Crippen LogP contribution in [0, 0.1) is 18.6 Å². The van der Waals surface area contributed by atoms with Crippen molar-refractivity contribution in [1.29, 1.82) is 0 Å². The minimum absolute atomic E-state index is 0.0895. The molecule has 2 heterocycles. The van der Waals surface area contributed by atoms with Gasteiger partial charge in [0.05, 0.1) is 29.4 Å². The van der Waals surface area contributed by atoms with Crippen LogP contribution in [-0.2, 0) is 13.1 Å². The molecular weight excluding hydrogens is 428 g/mol. The standard InChI is InChI=1S/C21H18ClF2N5O2/c1-11-8-13(3-5-15(11)23)26-21(31)28-6-7-29-17(10-28)18(20(25)30)19(27-29)12-2-4-16(24)14(22)9-12/h2-5,8-9H,6-7,10H2,1H3,(H2,25,30)(H,26,31). The van der Waals surface area contributed by atoms with Gasteiger partial charge in [-0.05, 0) is 48.9 Å². The number of fused-ring (bicyclic) bond motifs is 1. The fourth-order valence-corrected chi connectivity index (χ4v) is 3.70. The number of hydrogen-bond acceptors (Lipinski definition) is 3. The quantitative estimate of drug-likeness (QED) is 0.639. The van der Waals surface area contributed by atoms with E-state index in [1.807, 2.05) is 0 Å². The molecular formula is C21H18ClF2N5O2. The lowest BCUT2D eigenvalue weighted by Gasteiger charge is -2.28. The second kappa shape index (κ2) is 7.99. The van der Waals surface area contributed by atoms with Crippen molar-refractivity contribution in [3.05, 3.63) is 69.9 Å². The van der Waals surface area contributed by atoms with Crippen LogP contribution in [0.4, 0.5) is 19.3 Å². The van der Waals surface area contributed by atoms with E-state index in [-0.39, 0.29) is 28.6 Å². The number of anilines is 1. The average Bonchev–Trinajstić information content (AvgIpc) is 3.11. The lowest BCUT2D eigenvalue weighted by Crippen LogP contribution is -2.41. The summed E-state index contributed by atoms with van der Waals surface area (Å²) in [6, 6.07) is 7.90. The summed E-state index contributed by atoms with van der Waals surface area (Å²) in [4.78, 5) is 26.5. The maximum absolute atomic E-state index is 13.5. The van der Waals surface area contributed by atoms with Crippen molar-refractivity contribution >= 4 is 29.2 Å². The Kier molecular flexibility index (Phi) is 5.36. The van der Waals surface area contributed by atoms with Crippen LogP contribution >= 0.6 is 11.6 Å². The van der Waals surface area contributed by atoms with E-state index in [1.165, 1.54) is 41.3 Å². The molecule has 10 heteroatoms. The Morgan fingerprint density at radius 1 is 1.13 bits per heavy atom. The van der Waals surface area contributed by atoms with E-state index in [0.717, 1.165) is 0 Å². The smallest absolute Gasteiger partial charge is 0.322 e. The molecule has 3 amide bonds. The molecule has 0 radical (unpaired) electrons. The summed E-state index contributed by atoms with van der Waals surface area (Å²) in [6.45, 7) is 2.36. The van der Waals surface area contributed by atoms with Crippen molar-refractivity contribution in [2.45, 2.75) is 20.0 Å². The molecule has 3 N–H and O–H groups in total. The first-order valence-corrected chi connectivity index (χ1v) is 9.79. The molecule has 4 rings (SSSR count). The fourth-order valence-electron chi connectivity index (χ4n) is 3.52. The van der Waals surface area contributed by atoms with Crippen LogP contribution in [0.25, 0.3) is 11.3 Å². The summed E-state index contributed by atoms with van der Waals surface area (Å²) in [7, 11) is 0. The van der Waals surface area contributed by atoms with Crippen molar-refractivity contribution in [3.8, 4) is 11.3 Å². The Labute approximate surface area is 181 Å². The molecule has 1 aliphatic heterocycles. The van der Waals surface area contributed by atoms with Crippen molar-refractivity contribution in [1.82, 2.24) is 14.7 Å². The number of rotatable bonds is 3. The highest BCUT2D eigenvalue weighted by Gasteiger charge is 2.30. The number of aryl methyl sites for hydroxylation is 1. The number of aromatic nitrogens is 2. The summed E-state index contributed by atoms with van der Waals surface area (Å²) in [5.41, 5.74) is 7.82. The monoisotopic (exact) mass is 445 g/mol. The summed E-state index contributed by atoms with van der Waals surface area (Å²) in [5.74, 6) is -1.67. The number of benzene rings is 2. The highest BCUT2D eigenvalue weighted by molar-refractivity contribution is 6.31. The minimum Gasteiger partial charge on any atom is -0.365 e. The molecule has 0 saturated heterocycles. The van der Waals surface area contributed by atoms with Crippen LogP contribution in [0.1, 0.15) is 21.6 Å². The van der Waals surface area contributed by atoms with E-state index in [9.17, 15) is 18.4 Å². The molecule has 0 bridgehead atoms. The Morgan fingerprint density at radius 3 is 2.55 bits per heavy atom. The van der Waals surface area contributed by atoms with E-state index < -0.39 is 17.8 Å². The predicted octanol–water partition coefficient (Wildman–Crippen LogP) is 3.94. The molecule has 1 aromatic heterocycles. The van der Waals surface area contributed by atoms with Gasteiger partial charge >= 0.3 is 6.03 Å². The van der Waals surface area contributed by atoms with Gasteiger partial charge in [-0.15, -0.1) is 0 Å². The first-order valence-electron chi connectivity index (χ1n) is 9.41. The van der Waals surface area contributed by atoms with Crippen LogP contribution in [0.3, 0.4) is 0 Å². The molecule has 160 valence electrons. The second-order valence-electron chi connectivity index (χ2n) is 7.20. The van der Waals surface area contributed by atoms with Gasteiger partial charge in [-0.25, -0.2) is 13.6 Å². The number of amides is 3. The molecule has 7 nitrogen and oxygen atoms in total. The van der Waals surface area contributed by atoms with Crippen LogP contribution in [0.15, 0.2) is 36.4 Å². The predicted molar refractivity (Wildman–Crippen MR) is 112 cm³/mol. The lowest BCUT2D eigenvalue weighted by atomic mass is 10.0. The normalized spacial score (nSPS) is 13.1. The molecule has 2 aromatic carbocycles. The number of nitrogens with two attached hydrogens (primary N) is 1. The molecule has 0 fully saturated rings. The van der Waals surface area contributed by atoms with Gasteiger partial charge in [0.2, 0.25) is 0 Å². The number of hydrogen-bond donors (Lipinski definition) is 2. The van der Waals surface area contributed by atoms with Gasteiger partial charge in [-0.3, -0.25) is 9.48 Å². The number of nitrogens with one attached hydrogen (secondary N) is 1. The van der Waals surface area contributed by atoms with Crippen LogP contribution in [-0.4, -0.2) is 33.2 Å². The van der Waals surface area contributed by atoms with E-state index >= 15 is 0 Å². The van der Waals surface area contributed by atoms with Gasteiger partial charge in [0, 0.05) is 17.8 Å². The van der Waals surface area contributed by atoms with Gasteiger partial charge in [0.15, 0.2) is 0 Å². The number of carbonyl (C=O) groups excluding carboxylic acids is 2. The highest BCUT2D eigenvalue weighted by Crippen LogP contribution is 2.30. The Bertz CT molecular complexity index is 1210. The number of urea groups is 1. The van der Waals surface area contributed by atoms with Crippen molar-refractivity contribution in [3.63, 3.8) is 0 Å².